The van der Waals surface area contributed by atoms with Crippen molar-refractivity contribution < 1.29 is 19.1 Å². The molecular formula is C25H25NO4. The number of aryl methyl sites for hydroxylation is 1. The Balaban J connectivity index is 1.44. The molecule has 1 amide bonds. The number of amides is 1. The minimum atomic E-state index is -0.477. The second-order valence-corrected chi connectivity index (χ2v) is 6.94. The van der Waals surface area contributed by atoms with Crippen LogP contribution in [0.3, 0.4) is 0 Å². The number of esters is 1. The van der Waals surface area contributed by atoms with Crippen molar-refractivity contribution >= 4 is 17.6 Å². The molecule has 1 N–H and O–H groups in total. The summed E-state index contributed by atoms with van der Waals surface area (Å²) in [6.07, 6.45) is 0.777. The van der Waals surface area contributed by atoms with Gasteiger partial charge in [0.25, 0.3) is 5.91 Å². The SMILES string of the molecule is Cc1cccc(OCCC(=O)OCC(=O)Nc2ccccc2Cc2ccccc2)c1. The minimum absolute atomic E-state index is 0.0752. The van der Waals surface area contributed by atoms with Gasteiger partial charge in [0.1, 0.15) is 5.75 Å². The highest BCUT2D eigenvalue weighted by atomic mass is 16.5. The zero-order valence-electron chi connectivity index (χ0n) is 17.0. The molecule has 0 heterocycles. The Morgan fingerprint density at radius 1 is 0.900 bits per heavy atom. The van der Waals surface area contributed by atoms with Crippen molar-refractivity contribution in [1.29, 1.82) is 0 Å². The molecule has 0 aromatic heterocycles. The predicted molar refractivity (Wildman–Crippen MR) is 117 cm³/mol. The van der Waals surface area contributed by atoms with E-state index >= 15 is 0 Å². The van der Waals surface area contributed by atoms with E-state index in [1.54, 1.807) is 0 Å². The molecule has 154 valence electrons. The smallest absolute Gasteiger partial charge is 0.309 e. The zero-order valence-corrected chi connectivity index (χ0v) is 17.0. The third-order valence-corrected chi connectivity index (χ3v) is 4.46. The summed E-state index contributed by atoms with van der Waals surface area (Å²) in [7, 11) is 0. The molecule has 5 heteroatoms. The highest BCUT2D eigenvalue weighted by Crippen LogP contribution is 2.19. The zero-order chi connectivity index (χ0) is 21.2. The molecule has 0 aliphatic rings. The largest absolute Gasteiger partial charge is 0.493 e. The average Bonchev–Trinajstić information content (AvgIpc) is 2.74. The van der Waals surface area contributed by atoms with Crippen LogP contribution in [0, 0.1) is 6.92 Å². The Labute approximate surface area is 176 Å². The molecule has 0 spiro atoms. The number of benzene rings is 3. The van der Waals surface area contributed by atoms with Gasteiger partial charge in [0.15, 0.2) is 6.61 Å². The van der Waals surface area contributed by atoms with Crippen LogP contribution in [0.5, 0.6) is 5.75 Å². The van der Waals surface area contributed by atoms with Crippen LogP contribution in [0.15, 0.2) is 78.9 Å². The summed E-state index contributed by atoms with van der Waals surface area (Å²) in [4.78, 5) is 24.1. The second kappa shape index (κ2) is 10.8. The first kappa shape index (κ1) is 21.1. The van der Waals surface area contributed by atoms with E-state index in [4.69, 9.17) is 9.47 Å². The number of ether oxygens (including phenoxy) is 2. The predicted octanol–water partition coefficient (Wildman–Crippen LogP) is 4.54. The van der Waals surface area contributed by atoms with Crippen molar-refractivity contribution in [2.75, 3.05) is 18.5 Å². The number of carbonyl (C=O) groups is 2. The minimum Gasteiger partial charge on any atom is -0.493 e. The van der Waals surface area contributed by atoms with Crippen LogP contribution in [0.2, 0.25) is 0 Å². The molecular weight excluding hydrogens is 378 g/mol. The van der Waals surface area contributed by atoms with E-state index in [-0.39, 0.29) is 25.5 Å². The molecule has 0 unspecified atom stereocenters. The highest BCUT2D eigenvalue weighted by Gasteiger charge is 2.11. The van der Waals surface area contributed by atoms with Gasteiger partial charge in [-0.15, -0.1) is 0 Å². The third kappa shape index (κ3) is 6.78. The average molecular weight is 403 g/mol. The van der Waals surface area contributed by atoms with Crippen LogP contribution < -0.4 is 10.1 Å². The molecule has 0 aliphatic carbocycles. The number of nitrogens with one attached hydrogen (secondary N) is 1. The van der Waals surface area contributed by atoms with Crippen molar-refractivity contribution in [3.05, 3.63) is 95.6 Å². The normalized spacial score (nSPS) is 10.3. The van der Waals surface area contributed by atoms with Crippen molar-refractivity contribution in [3.8, 4) is 5.75 Å². The number of anilines is 1. The van der Waals surface area contributed by atoms with E-state index in [0.717, 1.165) is 16.7 Å². The number of hydrogen-bond acceptors (Lipinski definition) is 4. The van der Waals surface area contributed by atoms with Crippen LogP contribution in [0.1, 0.15) is 23.1 Å². The van der Waals surface area contributed by atoms with Gasteiger partial charge >= 0.3 is 5.97 Å². The fourth-order valence-corrected chi connectivity index (χ4v) is 2.97. The summed E-state index contributed by atoms with van der Waals surface area (Å²) in [6.45, 7) is 1.84. The lowest BCUT2D eigenvalue weighted by Crippen LogP contribution is -2.22. The van der Waals surface area contributed by atoms with E-state index in [0.29, 0.717) is 17.9 Å². The first-order chi connectivity index (χ1) is 14.6. The van der Waals surface area contributed by atoms with E-state index in [9.17, 15) is 9.59 Å². The molecule has 0 radical (unpaired) electrons. The summed E-state index contributed by atoms with van der Waals surface area (Å²) >= 11 is 0. The van der Waals surface area contributed by atoms with Crippen molar-refractivity contribution in [1.82, 2.24) is 0 Å². The second-order valence-electron chi connectivity index (χ2n) is 6.94. The number of para-hydroxylation sites is 1. The lowest BCUT2D eigenvalue weighted by Gasteiger charge is -2.12. The van der Waals surface area contributed by atoms with Gasteiger partial charge in [-0.3, -0.25) is 9.59 Å². The first-order valence-electron chi connectivity index (χ1n) is 9.87. The Morgan fingerprint density at radius 3 is 2.47 bits per heavy atom. The molecule has 5 nitrogen and oxygen atoms in total. The van der Waals surface area contributed by atoms with Crippen LogP contribution in [-0.2, 0) is 20.7 Å². The van der Waals surface area contributed by atoms with E-state index in [1.165, 1.54) is 0 Å². The summed E-state index contributed by atoms with van der Waals surface area (Å²) in [5, 5.41) is 2.83. The van der Waals surface area contributed by atoms with Crippen molar-refractivity contribution in [3.63, 3.8) is 0 Å². The van der Waals surface area contributed by atoms with Gasteiger partial charge in [-0.2, -0.15) is 0 Å². The fourth-order valence-electron chi connectivity index (χ4n) is 2.97. The van der Waals surface area contributed by atoms with Crippen LogP contribution >= 0.6 is 0 Å². The molecule has 3 aromatic rings. The van der Waals surface area contributed by atoms with Gasteiger partial charge in [-0.05, 0) is 48.2 Å². The number of carbonyl (C=O) groups excluding carboxylic acids is 2. The third-order valence-electron chi connectivity index (χ3n) is 4.46. The maximum Gasteiger partial charge on any atom is 0.309 e. The molecule has 0 bridgehead atoms. The first-order valence-corrected chi connectivity index (χ1v) is 9.87. The Morgan fingerprint density at radius 2 is 1.67 bits per heavy atom. The molecule has 0 atom stereocenters. The molecule has 30 heavy (non-hydrogen) atoms. The van der Waals surface area contributed by atoms with Gasteiger partial charge in [-0.1, -0.05) is 60.7 Å². The van der Waals surface area contributed by atoms with Gasteiger partial charge in [0.05, 0.1) is 13.0 Å². The topological polar surface area (TPSA) is 64.6 Å². The molecule has 0 saturated heterocycles. The Bertz CT molecular complexity index is 985. The van der Waals surface area contributed by atoms with Crippen LogP contribution in [-0.4, -0.2) is 25.1 Å². The lowest BCUT2D eigenvalue weighted by molar-refractivity contribution is -0.147. The van der Waals surface area contributed by atoms with E-state index < -0.39 is 5.97 Å². The summed E-state index contributed by atoms with van der Waals surface area (Å²) in [5.41, 5.74) is 3.94. The fraction of sp³-hybridized carbons (Fsp3) is 0.200. The molecule has 0 fully saturated rings. The molecule has 0 saturated carbocycles. The standard InChI is InChI=1S/C25H25NO4/c1-19-8-7-12-22(16-19)29-15-14-25(28)30-18-24(27)26-23-13-6-5-11-21(23)17-20-9-3-2-4-10-20/h2-13,16H,14-15,17-18H2,1H3,(H,26,27). The maximum atomic E-state index is 12.2. The van der Waals surface area contributed by atoms with Gasteiger partial charge in [0, 0.05) is 5.69 Å². The van der Waals surface area contributed by atoms with Crippen LogP contribution in [0.25, 0.3) is 0 Å². The van der Waals surface area contributed by atoms with Gasteiger partial charge in [0.2, 0.25) is 0 Å². The lowest BCUT2D eigenvalue weighted by atomic mass is 10.0. The van der Waals surface area contributed by atoms with Crippen molar-refractivity contribution in [2.45, 2.75) is 19.8 Å². The highest BCUT2D eigenvalue weighted by molar-refractivity contribution is 5.93. The summed E-state index contributed by atoms with van der Waals surface area (Å²) in [5.74, 6) is -0.144. The monoisotopic (exact) mass is 403 g/mol. The van der Waals surface area contributed by atoms with E-state index in [2.05, 4.69) is 5.32 Å². The van der Waals surface area contributed by atoms with Crippen LogP contribution in [0.4, 0.5) is 5.69 Å². The number of rotatable bonds is 9. The van der Waals surface area contributed by atoms with Crippen molar-refractivity contribution in [2.24, 2.45) is 0 Å². The summed E-state index contributed by atoms with van der Waals surface area (Å²) in [6, 6.07) is 25.2. The summed E-state index contributed by atoms with van der Waals surface area (Å²) < 4.78 is 10.6. The molecule has 0 aliphatic heterocycles. The molecule has 3 aromatic carbocycles. The number of hydrogen-bond donors (Lipinski definition) is 1. The maximum absolute atomic E-state index is 12.2. The molecule has 3 rings (SSSR count). The van der Waals surface area contributed by atoms with Gasteiger partial charge in [-0.25, -0.2) is 0 Å². The van der Waals surface area contributed by atoms with Gasteiger partial charge < -0.3 is 14.8 Å². The quantitative estimate of drug-likeness (QED) is 0.533. The van der Waals surface area contributed by atoms with E-state index in [1.807, 2.05) is 85.8 Å². The Hall–Kier alpha value is -3.60. The Kier molecular flexibility index (Phi) is 7.61.